The normalized spacial score (nSPS) is 14.0. The topological polar surface area (TPSA) is 65.4 Å². The molecule has 1 aliphatic heterocycles. The zero-order valence-electron chi connectivity index (χ0n) is 13.8. The number of fused-ring (bicyclic) bond motifs is 2. The van der Waals surface area contributed by atoms with Gasteiger partial charge in [0, 0.05) is 5.56 Å². The van der Waals surface area contributed by atoms with E-state index in [4.69, 9.17) is 9.47 Å². The van der Waals surface area contributed by atoms with E-state index in [0.717, 1.165) is 4.57 Å². The van der Waals surface area contributed by atoms with Crippen LogP contribution in [0.25, 0.3) is 11.0 Å². The molecule has 0 spiro atoms. The first kappa shape index (κ1) is 16.3. The maximum absolute atomic E-state index is 13.5. The third-order valence-corrected chi connectivity index (χ3v) is 4.19. The molecule has 0 saturated heterocycles. The molecule has 1 amide bonds. The van der Waals surface area contributed by atoms with E-state index < -0.39 is 18.5 Å². The Bertz CT molecular complexity index is 987. The second-order valence-corrected chi connectivity index (χ2v) is 5.87. The lowest BCUT2D eigenvalue weighted by Gasteiger charge is -2.16. The standard InChI is InChI=1S/C18H15F2N3O3/c1-10(16-22-12-4-2-3-5-13(12)23(16)18(19)20)21-17(24)11-6-7-14-15(8-11)26-9-25-14/h2-8,10,18H,9H2,1H3,(H,21,24). The maximum Gasteiger partial charge on any atom is 0.320 e. The molecule has 6 nitrogen and oxygen atoms in total. The molecule has 1 N–H and O–H groups in total. The van der Waals surface area contributed by atoms with Crippen molar-refractivity contribution in [2.24, 2.45) is 0 Å². The monoisotopic (exact) mass is 359 g/mol. The smallest absolute Gasteiger partial charge is 0.320 e. The summed E-state index contributed by atoms with van der Waals surface area (Å²) < 4.78 is 38.4. The van der Waals surface area contributed by atoms with Crippen LogP contribution in [-0.2, 0) is 0 Å². The van der Waals surface area contributed by atoms with Crippen molar-refractivity contribution in [2.75, 3.05) is 6.79 Å². The van der Waals surface area contributed by atoms with E-state index in [9.17, 15) is 13.6 Å². The van der Waals surface area contributed by atoms with Crippen molar-refractivity contribution >= 4 is 16.9 Å². The van der Waals surface area contributed by atoms with Gasteiger partial charge in [-0.3, -0.25) is 9.36 Å². The van der Waals surface area contributed by atoms with Crippen molar-refractivity contribution in [3.63, 3.8) is 0 Å². The highest BCUT2D eigenvalue weighted by Crippen LogP contribution is 2.33. The molecule has 134 valence electrons. The maximum atomic E-state index is 13.5. The second-order valence-electron chi connectivity index (χ2n) is 5.87. The lowest BCUT2D eigenvalue weighted by atomic mass is 10.1. The summed E-state index contributed by atoms with van der Waals surface area (Å²) >= 11 is 0. The van der Waals surface area contributed by atoms with Crippen LogP contribution in [0.4, 0.5) is 8.78 Å². The summed E-state index contributed by atoms with van der Waals surface area (Å²) in [6, 6.07) is 10.7. The predicted molar refractivity (Wildman–Crippen MR) is 89.4 cm³/mol. The number of nitrogens with zero attached hydrogens (tertiary/aromatic N) is 2. The number of nitrogens with one attached hydrogen (secondary N) is 1. The number of hydrogen-bond donors (Lipinski definition) is 1. The van der Waals surface area contributed by atoms with Gasteiger partial charge in [0.05, 0.1) is 17.1 Å². The number of ether oxygens (including phenoxy) is 2. The highest BCUT2D eigenvalue weighted by molar-refractivity contribution is 5.95. The van der Waals surface area contributed by atoms with Gasteiger partial charge in [0.25, 0.3) is 5.91 Å². The zero-order valence-corrected chi connectivity index (χ0v) is 13.8. The number of para-hydroxylation sites is 2. The summed E-state index contributed by atoms with van der Waals surface area (Å²) in [5, 5.41) is 2.71. The summed E-state index contributed by atoms with van der Waals surface area (Å²) in [4.78, 5) is 16.8. The molecule has 3 aromatic rings. The van der Waals surface area contributed by atoms with Crippen LogP contribution in [0, 0.1) is 0 Å². The molecular weight excluding hydrogens is 344 g/mol. The van der Waals surface area contributed by atoms with Crippen molar-refractivity contribution in [3.8, 4) is 11.5 Å². The highest BCUT2D eigenvalue weighted by Gasteiger charge is 2.24. The van der Waals surface area contributed by atoms with Crippen LogP contribution < -0.4 is 14.8 Å². The largest absolute Gasteiger partial charge is 0.454 e. The molecule has 2 aromatic carbocycles. The van der Waals surface area contributed by atoms with E-state index >= 15 is 0 Å². The molecule has 1 aromatic heterocycles. The number of alkyl halides is 2. The number of halogens is 2. The third-order valence-electron chi connectivity index (χ3n) is 4.19. The van der Waals surface area contributed by atoms with E-state index in [1.165, 1.54) is 0 Å². The van der Waals surface area contributed by atoms with Crippen LogP contribution in [0.2, 0.25) is 0 Å². The molecule has 0 bridgehead atoms. The molecule has 26 heavy (non-hydrogen) atoms. The fourth-order valence-electron chi connectivity index (χ4n) is 2.96. The number of imidazole rings is 1. The highest BCUT2D eigenvalue weighted by atomic mass is 19.3. The number of benzene rings is 2. The molecule has 2 heterocycles. The molecule has 4 rings (SSSR count). The first-order chi connectivity index (χ1) is 12.5. The first-order valence-corrected chi connectivity index (χ1v) is 8.00. The van der Waals surface area contributed by atoms with Gasteiger partial charge >= 0.3 is 6.55 Å². The van der Waals surface area contributed by atoms with Gasteiger partial charge in [0.15, 0.2) is 11.5 Å². The van der Waals surface area contributed by atoms with Gasteiger partial charge in [0.2, 0.25) is 6.79 Å². The average Bonchev–Trinajstić information content (AvgIpc) is 3.25. The Morgan fingerprint density at radius 1 is 1.19 bits per heavy atom. The Kier molecular flexibility index (Phi) is 3.95. The van der Waals surface area contributed by atoms with E-state index in [1.54, 1.807) is 49.4 Å². The number of carbonyl (C=O) groups excluding carboxylic acids is 1. The van der Waals surface area contributed by atoms with Gasteiger partial charge in [-0.2, -0.15) is 8.78 Å². The Morgan fingerprint density at radius 2 is 1.96 bits per heavy atom. The van der Waals surface area contributed by atoms with Crippen LogP contribution in [0.1, 0.15) is 35.7 Å². The summed E-state index contributed by atoms with van der Waals surface area (Å²) in [7, 11) is 0. The molecule has 8 heteroatoms. The Labute approximate surface area is 147 Å². The Morgan fingerprint density at radius 3 is 2.77 bits per heavy atom. The summed E-state index contributed by atoms with van der Waals surface area (Å²) in [5.41, 5.74) is 1.12. The molecule has 0 radical (unpaired) electrons. The van der Waals surface area contributed by atoms with Crippen molar-refractivity contribution in [1.29, 1.82) is 0 Å². The molecule has 1 atom stereocenters. The predicted octanol–water partition coefficient (Wildman–Crippen LogP) is 3.65. The summed E-state index contributed by atoms with van der Waals surface area (Å²) in [6.07, 6.45) is 0. The van der Waals surface area contributed by atoms with E-state index in [-0.39, 0.29) is 12.6 Å². The average molecular weight is 359 g/mol. The van der Waals surface area contributed by atoms with Crippen LogP contribution >= 0.6 is 0 Å². The van der Waals surface area contributed by atoms with Crippen molar-refractivity contribution in [2.45, 2.75) is 19.5 Å². The SMILES string of the molecule is CC(NC(=O)c1ccc2c(c1)OCO2)c1nc2ccccc2n1C(F)F. The molecule has 1 aliphatic rings. The van der Waals surface area contributed by atoms with Crippen molar-refractivity contribution in [3.05, 3.63) is 53.9 Å². The van der Waals surface area contributed by atoms with Gasteiger partial charge in [-0.1, -0.05) is 12.1 Å². The van der Waals surface area contributed by atoms with Gasteiger partial charge in [-0.05, 0) is 37.3 Å². The molecule has 0 aliphatic carbocycles. The zero-order chi connectivity index (χ0) is 18.3. The Hall–Kier alpha value is -3.16. The molecule has 1 unspecified atom stereocenters. The van der Waals surface area contributed by atoms with Gasteiger partial charge in [-0.15, -0.1) is 0 Å². The number of amides is 1. The van der Waals surface area contributed by atoms with Crippen LogP contribution in [0.3, 0.4) is 0 Å². The minimum Gasteiger partial charge on any atom is -0.454 e. The van der Waals surface area contributed by atoms with E-state index in [2.05, 4.69) is 10.3 Å². The first-order valence-electron chi connectivity index (χ1n) is 8.00. The molecule has 0 fully saturated rings. The fourth-order valence-corrected chi connectivity index (χ4v) is 2.96. The summed E-state index contributed by atoms with van der Waals surface area (Å²) in [5.74, 6) is 0.721. The van der Waals surface area contributed by atoms with E-state index in [1.807, 2.05) is 0 Å². The minimum atomic E-state index is -2.76. The van der Waals surface area contributed by atoms with Gasteiger partial charge < -0.3 is 14.8 Å². The van der Waals surface area contributed by atoms with E-state index in [0.29, 0.717) is 28.1 Å². The number of hydrogen-bond acceptors (Lipinski definition) is 4. The van der Waals surface area contributed by atoms with Crippen LogP contribution in [0.5, 0.6) is 11.5 Å². The molecular formula is C18H15F2N3O3. The van der Waals surface area contributed by atoms with Gasteiger partial charge in [0.1, 0.15) is 5.82 Å². The van der Waals surface area contributed by atoms with Crippen LogP contribution in [0.15, 0.2) is 42.5 Å². The molecule has 0 saturated carbocycles. The minimum absolute atomic E-state index is 0.0929. The third kappa shape index (κ3) is 2.73. The Balaban J connectivity index is 1.62. The number of aromatic nitrogens is 2. The second kappa shape index (κ2) is 6.29. The van der Waals surface area contributed by atoms with Gasteiger partial charge in [-0.25, -0.2) is 4.98 Å². The van der Waals surface area contributed by atoms with Crippen molar-refractivity contribution < 1.29 is 23.0 Å². The number of carbonyl (C=O) groups is 1. The fraction of sp³-hybridized carbons (Fsp3) is 0.222. The quantitative estimate of drug-likeness (QED) is 0.772. The lowest BCUT2D eigenvalue weighted by molar-refractivity contribution is 0.0688. The lowest BCUT2D eigenvalue weighted by Crippen LogP contribution is -2.28. The van der Waals surface area contributed by atoms with Crippen molar-refractivity contribution in [1.82, 2.24) is 14.9 Å². The summed E-state index contributed by atoms with van der Waals surface area (Å²) in [6.45, 7) is -1.04. The van der Waals surface area contributed by atoms with Crippen LogP contribution in [-0.4, -0.2) is 22.3 Å². The number of rotatable bonds is 4.